The second-order valence-electron chi connectivity index (χ2n) is 4.94. The van der Waals surface area contributed by atoms with E-state index in [2.05, 4.69) is 15.6 Å². The summed E-state index contributed by atoms with van der Waals surface area (Å²) in [6.07, 6.45) is 3.37. The summed E-state index contributed by atoms with van der Waals surface area (Å²) >= 11 is 0. The quantitative estimate of drug-likeness (QED) is 0.856. The standard InChI is InChI=1S/C14H16N4O2/c19-13-11-7-3-2-6-10(11)12(15-16-13)14(20)17-18-8-4-1-5-9-18/h2-3,6-7H,1,4-5,8-9H2,(H,16,19)(H,17,20). The fraction of sp³-hybridized carbons (Fsp3) is 0.357. The number of nitrogens with one attached hydrogen (secondary N) is 2. The molecule has 0 atom stereocenters. The van der Waals surface area contributed by atoms with Crippen molar-refractivity contribution in [2.75, 3.05) is 13.1 Å². The second kappa shape index (κ2) is 5.42. The number of nitrogens with zero attached hydrogens (tertiary/aromatic N) is 2. The van der Waals surface area contributed by atoms with E-state index in [4.69, 9.17) is 0 Å². The number of fused-ring (bicyclic) bond motifs is 1. The van der Waals surface area contributed by atoms with Crippen LogP contribution < -0.4 is 11.0 Å². The van der Waals surface area contributed by atoms with Gasteiger partial charge in [0.05, 0.1) is 5.39 Å². The average Bonchev–Trinajstić information content (AvgIpc) is 2.49. The number of amides is 1. The maximum absolute atomic E-state index is 12.3. The predicted molar refractivity (Wildman–Crippen MR) is 75.3 cm³/mol. The largest absolute Gasteiger partial charge is 0.286 e. The minimum atomic E-state index is -0.282. The van der Waals surface area contributed by atoms with Crippen molar-refractivity contribution < 1.29 is 4.79 Å². The summed E-state index contributed by atoms with van der Waals surface area (Å²) in [6.45, 7) is 1.71. The molecule has 2 N–H and O–H groups in total. The minimum absolute atomic E-state index is 0.255. The zero-order valence-electron chi connectivity index (χ0n) is 11.1. The van der Waals surface area contributed by atoms with Gasteiger partial charge < -0.3 is 0 Å². The van der Waals surface area contributed by atoms with E-state index in [1.807, 2.05) is 5.01 Å². The fourth-order valence-corrected chi connectivity index (χ4v) is 2.49. The van der Waals surface area contributed by atoms with Crippen molar-refractivity contribution in [3.8, 4) is 0 Å². The summed E-state index contributed by atoms with van der Waals surface area (Å²) in [7, 11) is 0. The van der Waals surface area contributed by atoms with Gasteiger partial charge in [-0.05, 0) is 18.9 Å². The molecule has 0 aliphatic carbocycles. The molecule has 1 aromatic heterocycles. The van der Waals surface area contributed by atoms with Crippen LogP contribution in [0.25, 0.3) is 10.8 Å². The van der Waals surface area contributed by atoms with Crippen LogP contribution in [0.5, 0.6) is 0 Å². The van der Waals surface area contributed by atoms with Gasteiger partial charge in [-0.2, -0.15) is 5.10 Å². The number of rotatable bonds is 2. The van der Waals surface area contributed by atoms with Gasteiger partial charge in [0.1, 0.15) is 0 Å². The maximum atomic E-state index is 12.3. The number of hydrazine groups is 1. The third kappa shape index (κ3) is 2.42. The molecule has 0 unspecified atom stereocenters. The first-order chi connectivity index (χ1) is 9.75. The Bertz CT molecular complexity index is 689. The van der Waals surface area contributed by atoms with Crippen LogP contribution in [-0.4, -0.2) is 34.2 Å². The first-order valence-corrected chi connectivity index (χ1v) is 6.79. The van der Waals surface area contributed by atoms with Gasteiger partial charge in [0.2, 0.25) is 0 Å². The number of hydrogen-bond donors (Lipinski definition) is 2. The number of carbonyl (C=O) groups is 1. The highest BCUT2D eigenvalue weighted by molar-refractivity contribution is 6.04. The molecule has 1 fully saturated rings. The van der Waals surface area contributed by atoms with E-state index in [1.165, 1.54) is 6.42 Å². The predicted octanol–water partition coefficient (Wildman–Crippen LogP) is 1.05. The number of carbonyl (C=O) groups excluding carboxylic acids is 1. The SMILES string of the molecule is O=C(NN1CCCCC1)c1n[nH]c(=O)c2ccccc12. The van der Waals surface area contributed by atoms with Gasteiger partial charge in [-0.25, -0.2) is 10.1 Å². The molecule has 0 saturated carbocycles. The van der Waals surface area contributed by atoms with E-state index >= 15 is 0 Å². The van der Waals surface area contributed by atoms with Crippen LogP contribution >= 0.6 is 0 Å². The smallest absolute Gasteiger partial charge is 0.283 e. The summed E-state index contributed by atoms with van der Waals surface area (Å²) in [5, 5.41) is 9.23. The maximum Gasteiger partial charge on any atom is 0.286 e. The molecule has 104 valence electrons. The van der Waals surface area contributed by atoms with E-state index in [-0.39, 0.29) is 17.2 Å². The zero-order chi connectivity index (χ0) is 13.9. The van der Waals surface area contributed by atoms with Gasteiger partial charge in [-0.1, -0.05) is 24.6 Å². The molecule has 2 aromatic rings. The molecule has 6 heteroatoms. The Balaban J connectivity index is 1.91. The number of aromatic nitrogens is 2. The molecule has 0 bridgehead atoms. The number of piperidine rings is 1. The fourth-order valence-electron chi connectivity index (χ4n) is 2.49. The molecule has 2 heterocycles. The van der Waals surface area contributed by atoms with E-state index in [0.717, 1.165) is 25.9 Å². The molecular formula is C14H16N4O2. The highest BCUT2D eigenvalue weighted by atomic mass is 16.2. The monoisotopic (exact) mass is 272 g/mol. The van der Waals surface area contributed by atoms with Crippen molar-refractivity contribution in [3.63, 3.8) is 0 Å². The summed E-state index contributed by atoms with van der Waals surface area (Å²) in [5.41, 5.74) is 2.83. The third-order valence-electron chi connectivity index (χ3n) is 3.53. The van der Waals surface area contributed by atoms with Crippen LogP contribution in [0.2, 0.25) is 0 Å². The lowest BCUT2D eigenvalue weighted by atomic mass is 10.1. The lowest BCUT2D eigenvalue weighted by Crippen LogP contribution is -2.45. The van der Waals surface area contributed by atoms with Gasteiger partial charge in [-0.3, -0.25) is 15.0 Å². The van der Waals surface area contributed by atoms with Crippen molar-refractivity contribution in [2.45, 2.75) is 19.3 Å². The van der Waals surface area contributed by atoms with Crippen LogP contribution in [-0.2, 0) is 0 Å². The Morgan fingerprint density at radius 3 is 2.60 bits per heavy atom. The van der Waals surface area contributed by atoms with Gasteiger partial charge in [-0.15, -0.1) is 0 Å². The van der Waals surface area contributed by atoms with Crippen molar-refractivity contribution in [1.29, 1.82) is 0 Å². The van der Waals surface area contributed by atoms with E-state index in [0.29, 0.717) is 10.8 Å². The van der Waals surface area contributed by atoms with Crippen LogP contribution in [0.3, 0.4) is 0 Å². The van der Waals surface area contributed by atoms with E-state index in [9.17, 15) is 9.59 Å². The Kier molecular flexibility index (Phi) is 3.47. The van der Waals surface area contributed by atoms with Crippen LogP contribution in [0, 0.1) is 0 Å². The zero-order valence-corrected chi connectivity index (χ0v) is 11.1. The number of aromatic amines is 1. The van der Waals surface area contributed by atoms with Crippen molar-refractivity contribution in [2.24, 2.45) is 0 Å². The topological polar surface area (TPSA) is 78.1 Å². The lowest BCUT2D eigenvalue weighted by molar-refractivity contribution is 0.0745. The van der Waals surface area contributed by atoms with Crippen LogP contribution in [0.1, 0.15) is 29.8 Å². The first-order valence-electron chi connectivity index (χ1n) is 6.79. The molecule has 1 saturated heterocycles. The van der Waals surface area contributed by atoms with Gasteiger partial charge >= 0.3 is 0 Å². The van der Waals surface area contributed by atoms with Crippen molar-refractivity contribution >= 4 is 16.7 Å². The number of H-pyrrole nitrogens is 1. The second-order valence-corrected chi connectivity index (χ2v) is 4.94. The Labute approximate surface area is 115 Å². The Hall–Kier alpha value is -2.21. The molecule has 1 aliphatic rings. The van der Waals surface area contributed by atoms with Crippen molar-refractivity contribution in [1.82, 2.24) is 20.6 Å². The molecule has 3 rings (SSSR count). The molecular weight excluding hydrogens is 256 g/mol. The highest BCUT2D eigenvalue weighted by Gasteiger charge is 2.17. The first kappa shape index (κ1) is 12.8. The van der Waals surface area contributed by atoms with E-state index < -0.39 is 0 Å². The summed E-state index contributed by atoms with van der Waals surface area (Å²) in [5.74, 6) is -0.278. The molecule has 6 nitrogen and oxygen atoms in total. The number of hydrogen-bond acceptors (Lipinski definition) is 4. The van der Waals surface area contributed by atoms with Crippen LogP contribution in [0.4, 0.5) is 0 Å². The Morgan fingerprint density at radius 2 is 1.85 bits per heavy atom. The molecule has 20 heavy (non-hydrogen) atoms. The van der Waals surface area contributed by atoms with Gasteiger partial charge in [0.25, 0.3) is 11.5 Å². The molecule has 1 aromatic carbocycles. The third-order valence-corrected chi connectivity index (χ3v) is 3.53. The average molecular weight is 272 g/mol. The van der Waals surface area contributed by atoms with Gasteiger partial charge in [0.15, 0.2) is 5.69 Å². The van der Waals surface area contributed by atoms with E-state index in [1.54, 1.807) is 24.3 Å². The number of benzene rings is 1. The summed E-state index contributed by atoms with van der Waals surface area (Å²) in [4.78, 5) is 24.0. The lowest BCUT2D eigenvalue weighted by Gasteiger charge is -2.26. The summed E-state index contributed by atoms with van der Waals surface area (Å²) in [6, 6.07) is 6.99. The molecule has 1 amide bonds. The Morgan fingerprint density at radius 1 is 1.15 bits per heavy atom. The van der Waals surface area contributed by atoms with Crippen LogP contribution in [0.15, 0.2) is 29.1 Å². The molecule has 0 radical (unpaired) electrons. The highest BCUT2D eigenvalue weighted by Crippen LogP contribution is 2.13. The van der Waals surface area contributed by atoms with Gasteiger partial charge in [0, 0.05) is 18.5 Å². The normalized spacial score (nSPS) is 16.2. The molecule has 1 aliphatic heterocycles. The molecule has 0 spiro atoms. The van der Waals surface area contributed by atoms with Crippen molar-refractivity contribution in [3.05, 3.63) is 40.3 Å². The summed E-state index contributed by atoms with van der Waals surface area (Å²) < 4.78 is 0. The minimum Gasteiger partial charge on any atom is -0.283 e.